The highest BCUT2D eigenvalue weighted by molar-refractivity contribution is 6.10. The summed E-state index contributed by atoms with van der Waals surface area (Å²) in [5.74, 6) is 0. The standard InChI is InChI=1S/C77H44N4/c1-5-13-57-45(9-1)17-21-49-29-37-69(78-73(49)57)53-25-33-61-62-34-26-54(70-38-30-50-22-18-46-10-2-6-14-58(46)74(50)79-70)42-66(62)77(65(61)41-53)67-43-55(71-39-31-51-23-19-47-11-3-7-15-59(47)75(51)80-71)27-35-63(67)64-36-28-56(44-68(64)77)72-40-32-52-24-20-48-12-4-8-16-60(48)76(52)81-72/h1-44H. The first kappa shape index (κ1) is 44.3. The topological polar surface area (TPSA) is 51.6 Å². The second-order valence-corrected chi connectivity index (χ2v) is 22.0. The SMILES string of the molecule is c1ccc2c(c1)ccc1ccc(-c3ccc4c(c3)C3(c5cc(-c6ccc7ccc8ccccc8c7n6)ccc5-4)c4cc(-c5ccc6ccc7ccccc7c6n5)ccc4-c4ccc(-c5ccc6ccc7ccccc7c6n5)cc43)nc12. The summed E-state index contributed by atoms with van der Waals surface area (Å²) in [6.07, 6.45) is 0. The Labute approximate surface area is 466 Å². The molecule has 0 atom stereocenters. The van der Waals surface area contributed by atoms with Crippen molar-refractivity contribution in [3.8, 4) is 67.3 Å². The average Bonchev–Trinajstić information content (AvgIpc) is 2.07. The van der Waals surface area contributed by atoms with Crippen LogP contribution in [0.15, 0.2) is 267 Å². The van der Waals surface area contributed by atoms with Gasteiger partial charge in [0.1, 0.15) is 0 Å². The highest BCUT2D eigenvalue weighted by atomic mass is 14.7. The van der Waals surface area contributed by atoms with Crippen molar-refractivity contribution < 1.29 is 0 Å². The van der Waals surface area contributed by atoms with Gasteiger partial charge in [0.25, 0.3) is 0 Å². The van der Waals surface area contributed by atoms with Crippen molar-refractivity contribution in [2.75, 3.05) is 0 Å². The minimum Gasteiger partial charge on any atom is -0.247 e. The molecular formula is C77H44N4. The summed E-state index contributed by atoms with van der Waals surface area (Å²) in [6, 6.07) is 97.8. The fourth-order valence-corrected chi connectivity index (χ4v) is 13.9. The molecule has 0 aliphatic heterocycles. The Balaban J connectivity index is 0.924. The van der Waals surface area contributed by atoms with Crippen molar-refractivity contribution in [1.82, 2.24) is 19.9 Å². The number of benzene rings is 12. The predicted molar refractivity (Wildman–Crippen MR) is 336 cm³/mol. The van der Waals surface area contributed by atoms with E-state index in [9.17, 15) is 0 Å². The van der Waals surface area contributed by atoms with Crippen LogP contribution in [0.4, 0.5) is 0 Å². The molecule has 16 aromatic rings. The van der Waals surface area contributed by atoms with Crippen molar-refractivity contribution in [3.05, 3.63) is 289 Å². The minimum absolute atomic E-state index is 0.798. The first-order chi connectivity index (χ1) is 40.1. The van der Waals surface area contributed by atoms with Gasteiger partial charge in [-0.05, 0) is 115 Å². The van der Waals surface area contributed by atoms with Crippen LogP contribution >= 0.6 is 0 Å². The maximum atomic E-state index is 5.53. The number of hydrogen-bond acceptors (Lipinski definition) is 4. The van der Waals surface area contributed by atoms with Crippen LogP contribution in [0.3, 0.4) is 0 Å². The van der Waals surface area contributed by atoms with E-state index in [0.717, 1.165) is 110 Å². The fraction of sp³-hybridized carbons (Fsp3) is 0.0130. The zero-order chi connectivity index (χ0) is 52.9. The average molecular weight is 1030 g/mol. The Morgan fingerprint density at radius 2 is 0.420 bits per heavy atom. The lowest BCUT2D eigenvalue weighted by Gasteiger charge is -2.31. The van der Waals surface area contributed by atoms with Crippen molar-refractivity contribution in [2.24, 2.45) is 0 Å². The summed E-state index contributed by atoms with van der Waals surface area (Å²) in [6.45, 7) is 0. The van der Waals surface area contributed by atoms with Crippen molar-refractivity contribution >= 4 is 86.7 Å². The Bertz CT molecular complexity index is 4760. The van der Waals surface area contributed by atoms with Crippen LogP contribution in [0.2, 0.25) is 0 Å². The Morgan fingerprint density at radius 1 is 0.198 bits per heavy atom. The van der Waals surface area contributed by atoms with Crippen LogP contribution < -0.4 is 0 Å². The molecule has 0 saturated heterocycles. The normalized spacial score (nSPS) is 13.0. The Kier molecular flexibility index (Phi) is 9.12. The highest BCUT2D eigenvalue weighted by Crippen LogP contribution is 2.64. The van der Waals surface area contributed by atoms with Gasteiger partial charge in [-0.1, -0.05) is 218 Å². The van der Waals surface area contributed by atoms with Gasteiger partial charge in [-0.15, -0.1) is 0 Å². The molecule has 372 valence electrons. The summed E-state index contributed by atoms with van der Waals surface area (Å²) in [5, 5.41) is 13.8. The summed E-state index contributed by atoms with van der Waals surface area (Å²) < 4.78 is 0. The molecule has 0 N–H and O–H groups in total. The molecule has 81 heavy (non-hydrogen) atoms. The second-order valence-electron chi connectivity index (χ2n) is 22.0. The summed E-state index contributed by atoms with van der Waals surface area (Å²) in [5.41, 5.74) is 20.8. The van der Waals surface area contributed by atoms with Gasteiger partial charge in [0.15, 0.2) is 0 Å². The first-order valence-corrected chi connectivity index (χ1v) is 27.8. The van der Waals surface area contributed by atoms with Gasteiger partial charge in [0, 0.05) is 65.3 Å². The lowest BCUT2D eigenvalue weighted by molar-refractivity contribution is 0.794. The molecule has 2 aliphatic rings. The van der Waals surface area contributed by atoms with Gasteiger partial charge < -0.3 is 0 Å². The van der Waals surface area contributed by atoms with Gasteiger partial charge in [-0.2, -0.15) is 0 Å². The van der Waals surface area contributed by atoms with Crippen molar-refractivity contribution in [3.63, 3.8) is 0 Å². The second kappa shape index (κ2) is 16.7. The van der Waals surface area contributed by atoms with E-state index in [-0.39, 0.29) is 0 Å². The van der Waals surface area contributed by atoms with Crippen LogP contribution in [0, 0.1) is 0 Å². The minimum atomic E-state index is -0.798. The van der Waals surface area contributed by atoms with E-state index >= 15 is 0 Å². The number of hydrogen-bond donors (Lipinski definition) is 0. The Morgan fingerprint density at radius 3 is 0.679 bits per heavy atom. The zero-order valence-corrected chi connectivity index (χ0v) is 43.7. The highest BCUT2D eigenvalue weighted by Gasteiger charge is 2.52. The van der Waals surface area contributed by atoms with Gasteiger partial charge in [0.2, 0.25) is 0 Å². The maximum Gasteiger partial charge on any atom is 0.0787 e. The molecule has 18 rings (SSSR count). The van der Waals surface area contributed by atoms with Gasteiger partial charge in [-0.3, -0.25) is 0 Å². The third-order valence-corrected chi connectivity index (χ3v) is 17.8. The number of fused-ring (bicyclic) bond motifs is 22. The van der Waals surface area contributed by atoms with Crippen molar-refractivity contribution in [1.29, 1.82) is 0 Å². The monoisotopic (exact) mass is 1020 g/mol. The van der Waals surface area contributed by atoms with Gasteiger partial charge >= 0.3 is 0 Å². The first-order valence-electron chi connectivity index (χ1n) is 27.8. The van der Waals surface area contributed by atoms with E-state index in [1.807, 2.05) is 0 Å². The molecule has 0 amide bonds. The molecule has 0 bridgehead atoms. The number of pyridine rings is 4. The summed E-state index contributed by atoms with van der Waals surface area (Å²) >= 11 is 0. The third kappa shape index (κ3) is 6.41. The van der Waals surface area contributed by atoms with Crippen LogP contribution in [-0.4, -0.2) is 19.9 Å². The molecular weight excluding hydrogens is 981 g/mol. The van der Waals surface area contributed by atoms with E-state index in [2.05, 4.69) is 267 Å². The quantitative estimate of drug-likeness (QED) is 0.165. The molecule has 2 aliphatic carbocycles. The van der Waals surface area contributed by atoms with E-state index in [0.29, 0.717) is 0 Å². The molecule has 12 aromatic carbocycles. The van der Waals surface area contributed by atoms with Crippen LogP contribution in [0.25, 0.3) is 154 Å². The molecule has 0 fully saturated rings. The zero-order valence-electron chi connectivity index (χ0n) is 43.7. The smallest absolute Gasteiger partial charge is 0.0787 e. The molecule has 0 unspecified atom stereocenters. The molecule has 4 heteroatoms. The van der Waals surface area contributed by atoms with E-state index in [1.54, 1.807) is 0 Å². The number of nitrogens with zero attached hydrogens (tertiary/aromatic N) is 4. The molecule has 1 spiro atoms. The summed E-state index contributed by atoms with van der Waals surface area (Å²) in [4.78, 5) is 22.1. The van der Waals surface area contributed by atoms with Crippen LogP contribution in [-0.2, 0) is 5.41 Å². The molecule has 4 nitrogen and oxygen atoms in total. The third-order valence-electron chi connectivity index (χ3n) is 17.8. The lowest BCUT2D eigenvalue weighted by atomic mass is 9.69. The lowest BCUT2D eigenvalue weighted by Crippen LogP contribution is -2.26. The predicted octanol–water partition coefficient (Wildman–Crippen LogP) is 19.5. The maximum absolute atomic E-state index is 5.53. The van der Waals surface area contributed by atoms with Crippen LogP contribution in [0.5, 0.6) is 0 Å². The number of aromatic nitrogens is 4. The van der Waals surface area contributed by atoms with Gasteiger partial charge in [-0.25, -0.2) is 19.9 Å². The largest absolute Gasteiger partial charge is 0.247 e. The molecule has 4 aromatic heterocycles. The van der Waals surface area contributed by atoms with E-state index in [1.165, 1.54) is 66.1 Å². The fourth-order valence-electron chi connectivity index (χ4n) is 13.9. The van der Waals surface area contributed by atoms with E-state index in [4.69, 9.17) is 19.9 Å². The number of rotatable bonds is 4. The molecule has 4 heterocycles. The molecule has 0 saturated carbocycles. The Hall–Kier alpha value is -10.7. The summed E-state index contributed by atoms with van der Waals surface area (Å²) in [7, 11) is 0. The molecule has 0 radical (unpaired) electrons. The van der Waals surface area contributed by atoms with Crippen molar-refractivity contribution in [2.45, 2.75) is 5.41 Å². The van der Waals surface area contributed by atoms with Gasteiger partial charge in [0.05, 0.1) is 50.3 Å². The van der Waals surface area contributed by atoms with Crippen LogP contribution in [0.1, 0.15) is 22.3 Å². The van der Waals surface area contributed by atoms with E-state index < -0.39 is 5.41 Å².